The lowest BCUT2D eigenvalue weighted by Gasteiger charge is -2.11. The predicted octanol–water partition coefficient (Wildman–Crippen LogP) is 1.98. The normalized spacial score (nSPS) is 9.80. The van der Waals surface area contributed by atoms with Crippen LogP contribution in [0.25, 0.3) is 0 Å². The maximum absolute atomic E-state index is 10.5. The molecule has 0 spiro atoms. The van der Waals surface area contributed by atoms with E-state index in [1.807, 2.05) is 0 Å². The van der Waals surface area contributed by atoms with Crippen LogP contribution in [0.1, 0.15) is 5.56 Å². The van der Waals surface area contributed by atoms with Crippen molar-refractivity contribution in [1.29, 1.82) is 0 Å². The minimum atomic E-state index is -0.941. The Morgan fingerprint density at radius 2 is 2.07 bits per heavy atom. The molecule has 0 unspecified atom stereocenters. The Labute approximate surface area is 92.4 Å². The van der Waals surface area contributed by atoms with Gasteiger partial charge in [-0.05, 0) is 11.6 Å². The highest BCUT2D eigenvalue weighted by Gasteiger charge is 2.14. The van der Waals surface area contributed by atoms with Crippen molar-refractivity contribution in [3.63, 3.8) is 0 Å². The number of benzene rings is 1. The van der Waals surface area contributed by atoms with Crippen molar-refractivity contribution in [2.45, 2.75) is 6.42 Å². The average Bonchev–Trinajstić information content (AvgIpc) is 2.20. The summed E-state index contributed by atoms with van der Waals surface area (Å²) in [7, 11) is 2.94. The quantitative estimate of drug-likeness (QED) is 0.860. The van der Waals surface area contributed by atoms with Gasteiger partial charge in [0.15, 0.2) is 11.5 Å². The van der Waals surface area contributed by atoms with E-state index in [0.29, 0.717) is 17.1 Å². The van der Waals surface area contributed by atoms with Crippen LogP contribution in [-0.4, -0.2) is 25.3 Å². The zero-order valence-corrected chi connectivity index (χ0v) is 9.17. The number of halogens is 1. The summed E-state index contributed by atoms with van der Waals surface area (Å²) in [5, 5.41) is 8.93. The number of hydrogen-bond donors (Lipinski definition) is 1. The highest BCUT2D eigenvalue weighted by atomic mass is 35.5. The van der Waals surface area contributed by atoms with Crippen molar-refractivity contribution in [2.24, 2.45) is 0 Å². The zero-order chi connectivity index (χ0) is 11.4. The number of carboxylic acids is 1. The van der Waals surface area contributed by atoms with E-state index in [1.165, 1.54) is 14.2 Å². The van der Waals surface area contributed by atoms with Crippen LogP contribution < -0.4 is 9.47 Å². The van der Waals surface area contributed by atoms with E-state index >= 15 is 0 Å². The highest BCUT2D eigenvalue weighted by molar-refractivity contribution is 6.33. The van der Waals surface area contributed by atoms with Gasteiger partial charge in [0.05, 0.1) is 25.7 Å². The number of carbonyl (C=O) groups is 1. The third kappa shape index (κ3) is 2.53. The molecule has 1 rings (SSSR count). The topological polar surface area (TPSA) is 55.8 Å². The molecule has 1 aromatic rings. The van der Waals surface area contributed by atoms with Crippen molar-refractivity contribution in [3.8, 4) is 11.5 Å². The van der Waals surface area contributed by atoms with Gasteiger partial charge in [-0.2, -0.15) is 0 Å². The summed E-state index contributed by atoms with van der Waals surface area (Å²) < 4.78 is 10.1. The molecule has 1 aromatic carbocycles. The Morgan fingerprint density at radius 3 is 2.53 bits per heavy atom. The number of ether oxygens (including phenoxy) is 2. The Bertz CT molecular complexity index is 376. The van der Waals surface area contributed by atoms with Crippen molar-refractivity contribution in [2.75, 3.05) is 14.2 Å². The van der Waals surface area contributed by atoms with Crippen LogP contribution in [0.2, 0.25) is 5.02 Å². The largest absolute Gasteiger partial charge is 0.493 e. The first-order valence-corrected chi connectivity index (χ1v) is 4.59. The summed E-state index contributed by atoms with van der Waals surface area (Å²) in [5.74, 6) is -0.0984. The maximum atomic E-state index is 10.5. The van der Waals surface area contributed by atoms with Crippen LogP contribution in [0.15, 0.2) is 12.1 Å². The van der Waals surface area contributed by atoms with E-state index in [4.69, 9.17) is 26.2 Å². The van der Waals surface area contributed by atoms with Gasteiger partial charge in [-0.1, -0.05) is 17.7 Å². The second-order valence-corrected chi connectivity index (χ2v) is 3.22. The third-order valence-corrected chi connectivity index (χ3v) is 2.32. The maximum Gasteiger partial charge on any atom is 0.307 e. The fourth-order valence-corrected chi connectivity index (χ4v) is 1.53. The monoisotopic (exact) mass is 230 g/mol. The Morgan fingerprint density at radius 1 is 1.40 bits per heavy atom. The third-order valence-electron chi connectivity index (χ3n) is 1.91. The van der Waals surface area contributed by atoms with Crippen LogP contribution in [0.5, 0.6) is 11.5 Å². The summed E-state index contributed by atoms with van der Waals surface area (Å²) >= 11 is 5.97. The number of aliphatic carboxylic acids is 1. The second-order valence-electron chi connectivity index (χ2n) is 2.84. The predicted molar refractivity (Wildman–Crippen MR) is 55.9 cm³/mol. The van der Waals surface area contributed by atoms with E-state index in [9.17, 15) is 4.79 Å². The van der Waals surface area contributed by atoms with Crippen LogP contribution in [0, 0.1) is 0 Å². The molecule has 0 amide bonds. The molecule has 1 N–H and O–H groups in total. The fraction of sp³-hybridized carbons (Fsp3) is 0.300. The van der Waals surface area contributed by atoms with Gasteiger partial charge in [-0.3, -0.25) is 4.79 Å². The minimum Gasteiger partial charge on any atom is -0.493 e. The second kappa shape index (κ2) is 4.89. The van der Waals surface area contributed by atoms with Gasteiger partial charge in [0.25, 0.3) is 0 Å². The molecule has 0 aliphatic carbocycles. The Hall–Kier alpha value is -1.42. The molecule has 0 aliphatic heterocycles. The van der Waals surface area contributed by atoms with Crippen LogP contribution in [0.4, 0.5) is 0 Å². The van der Waals surface area contributed by atoms with Crippen LogP contribution in [0.3, 0.4) is 0 Å². The van der Waals surface area contributed by atoms with Crippen LogP contribution >= 0.6 is 11.6 Å². The number of hydrogen-bond acceptors (Lipinski definition) is 3. The van der Waals surface area contributed by atoms with Gasteiger partial charge in [-0.15, -0.1) is 0 Å². The summed E-state index contributed by atoms with van der Waals surface area (Å²) in [4.78, 5) is 10.5. The Balaban J connectivity index is 3.16. The Kier molecular flexibility index (Phi) is 3.80. The fourth-order valence-electron chi connectivity index (χ4n) is 1.23. The molecule has 15 heavy (non-hydrogen) atoms. The van der Waals surface area contributed by atoms with E-state index in [1.54, 1.807) is 12.1 Å². The van der Waals surface area contributed by atoms with E-state index < -0.39 is 5.97 Å². The first-order valence-electron chi connectivity index (χ1n) is 4.21. The molecule has 82 valence electrons. The zero-order valence-electron chi connectivity index (χ0n) is 8.41. The SMILES string of the molecule is COc1ccc(CC(=O)O)c(Cl)c1OC. The van der Waals surface area contributed by atoms with Gasteiger partial charge >= 0.3 is 5.97 Å². The lowest BCUT2D eigenvalue weighted by molar-refractivity contribution is -0.136. The van der Waals surface area contributed by atoms with Crippen molar-refractivity contribution < 1.29 is 19.4 Å². The summed E-state index contributed by atoms with van der Waals surface area (Å²) in [6.07, 6.45) is -0.140. The number of methoxy groups -OCH3 is 2. The molecule has 0 bridgehead atoms. The van der Waals surface area contributed by atoms with Crippen molar-refractivity contribution in [3.05, 3.63) is 22.7 Å². The molecular weight excluding hydrogens is 220 g/mol. The van der Waals surface area contributed by atoms with Crippen molar-refractivity contribution in [1.82, 2.24) is 0 Å². The lowest BCUT2D eigenvalue weighted by atomic mass is 10.1. The van der Waals surface area contributed by atoms with Gasteiger partial charge in [0, 0.05) is 0 Å². The van der Waals surface area contributed by atoms with E-state index in [-0.39, 0.29) is 11.4 Å². The molecular formula is C10H11ClO4. The molecule has 0 atom stereocenters. The highest BCUT2D eigenvalue weighted by Crippen LogP contribution is 2.37. The molecule has 0 heterocycles. The molecule has 0 aliphatic rings. The average molecular weight is 231 g/mol. The summed E-state index contributed by atoms with van der Waals surface area (Å²) in [6, 6.07) is 3.24. The lowest BCUT2D eigenvalue weighted by Crippen LogP contribution is -2.02. The summed E-state index contributed by atoms with van der Waals surface area (Å²) in [5.41, 5.74) is 0.502. The molecule has 0 saturated heterocycles. The molecule has 0 fully saturated rings. The van der Waals surface area contributed by atoms with Gasteiger partial charge in [0.2, 0.25) is 0 Å². The molecule has 0 radical (unpaired) electrons. The van der Waals surface area contributed by atoms with E-state index in [0.717, 1.165) is 0 Å². The smallest absolute Gasteiger partial charge is 0.307 e. The first-order chi connectivity index (χ1) is 7.10. The van der Waals surface area contributed by atoms with Crippen molar-refractivity contribution >= 4 is 17.6 Å². The standard InChI is InChI=1S/C10H11ClO4/c1-14-7-4-3-6(5-8(12)13)9(11)10(7)15-2/h3-4H,5H2,1-2H3,(H,12,13). The van der Waals surface area contributed by atoms with Crippen LogP contribution in [-0.2, 0) is 11.2 Å². The molecule has 0 saturated carbocycles. The van der Waals surface area contributed by atoms with E-state index in [2.05, 4.69) is 0 Å². The molecule has 0 aromatic heterocycles. The molecule has 5 heteroatoms. The van der Waals surface area contributed by atoms with Gasteiger partial charge in [0.1, 0.15) is 0 Å². The van der Waals surface area contributed by atoms with Gasteiger partial charge < -0.3 is 14.6 Å². The molecule has 4 nitrogen and oxygen atoms in total. The van der Waals surface area contributed by atoms with Gasteiger partial charge in [-0.25, -0.2) is 0 Å². The summed E-state index contributed by atoms with van der Waals surface area (Å²) in [6.45, 7) is 0. The number of rotatable bonds is 4. The first kappa shape index (κ1) is 11.7. The minimum absolute atomic E-state index is 0.140. The number of carboxylic acid groups (broad SMARTS) is 1.